The Morgan fingerprint density at radius 3 is 2.03 bits per heavy atom. The molecule has 2 atom stereocenters. The van der Waals surface area contributed by atoms with Crippen molar-refractivity contribution >= 4 is 38.5 Å². The smallest absolute Gasteiger partial charge is 0.240 e. The van der Waals surface area contributed by atoms with Crippen LogP contribution in [0.1, 0.15) is 37.4 Å². The van der Waals surface area contributed by atoms with Gasteiger partial charge in [0.15, 0.2) is 0 Å². The monoisotopic (exact) mass is 479 g/mol. The molecule has 0 saturated carbocycles. The Bertz CT molecular complexity index is 960. The quantitative estimate of drug-likeness (QED) is 0.245. The number of carbonyl (C=O) groups is 1. The molecule has 3 aromatic rings. The Morgan fingerprint density at radius 2 is 1.47 bits per heavy atom. The molecule has 0 aliphatic carbocycles. The third kappa shape index (κ3) is 5.87. The van der Waals surface area contributed by atoms with Gasteiger partial charge < -0.3 is 4.90 Å². The van der Waals surface area contributed by atoms with Gasteiger partial charge in [-0.15, -0.1) is 0 Å². The zero-order valence-electron chi connectivity index (χ0n) is 17.2. The maximum absolute atomic E-state index is 13.3. The van der Waals surface area contributed by atoms with Crippen molar-refractivity contribution in [2.75, 3.05) is 0 Å². The zero-order chi connectivity index (χ0) is 21.3. The van der Waals surface area contributed by atoms with E-state index in [0.29, 0.717) is 0 Å². The molecule has 0 aliphatic rings. The number of hydrogen-bond donors (Lipinski definition) is 0. The highest BCUT2D eigenvalue weighted by Crippen LogP contribution is 2.36. The van der Waals surface area contributed by atoms with Crippen LogP contribution in [0.2, 0.25) is 0 Å². The van der Waals surface area contributed by atoms with Crippen LogP contribution in [0.4, 0.5) is 0 Å². The topological polar surface area (TPSA) is 20.3 Å². The molecule has 1 amide bonds. The molecular formula is C26H26BrNOS. The van der Waals surface area contributed by atoms with Crippen LogP contribution in [0.3, 0.4) is 0 Å². The third-order valence-electron chi connectivity index (χ3n) is 4.87. The summed E-state index contributed by atoms with van der Waals surface area (Å²) in [6, 6.07) is 30.6. The van der Waals surface area contributed by atoms with Gasteiger partial charge in [0.25, 0.3) is 0 Å². The molecule has 0 bridgehead atoms. The third-order valence-corrected chi connectivity index (χ3v) is 6.97. The molecule has 0 aliphatic heterocycles. The normalized spacial score (nSPS) is 13.5. The predicted octanol–water partition coefficient (Wildman–Crippen LogP) is 7.54. The summed E-state index contributed by atoms with van der Waals surface area (Å²) in [5.74, 6) is 0.0657. The maximum Gasteiger partial charge on any atom is 0.240 e. The van der Waals surface area contributed by atoms with E-state index in [1.165, 1.54) is 0 Å². The van der Waals surface area contributed by atoms with Gasteiger partial charge in [0.1, 0.15) is 0 Å². The van der Waals surface area contributed by atoms with Gasteiger partial charge in [0.05, 0.1) is 10.9 Å². The van der Waals surface area contributed by atoms with Gasteiger partial charge in [0, 0.05) is 16.0 Å². The molecule has 2 nitrogen and oxygen atoms in total. The fourth-order valence-corrected chi connectivity index (χ4v) is 4.30. The molecule has 154 valence electrons. The van der Waals surface area contributed by atoms with Crippen LogP contribution < -0.4 is 0 Å². The van der Waals surface area contributed by atoms with Crippen LogP contribution in [-0.2, 0) is 4.79 Å². The minimum Gasteiger partial charge on any atom is -0.310 e. The van der Waals surface area contributed by atoms with Crippen LogP contribution >= 0.6 is 27.7 Å². The lowest BCUT2D eigenvalue weighted by atomic mass is 10.1. The summed E-state index contributed by atoms with van der Waals surface area (Å²) in [6.45, 7) is 4.10. The molecule has 0 N–H and O–H groups in total. The average Bonchev–Trinajstić information content (AvgIpc) is 2.82. The van der Waals surface area contributed by atoms with Gasteiger partial charge >= 0.3 is 0 Å². The first kappa shape index (κ1) is 22.4. The minimum atomic E-state index is -0.223. The van der Waals surface area contributed by atoms with Gasteiger partial charge in [0.2, 0.25) is 5.91 Å². The minimum absolute atomic E-state index is 0.0657. The Balaban J connectivity index is 2.06. The molecular weight excluding hydrogens is 454 g/mol. The van der Waals surface area contributed by atoms with E-state index in [0.717, 1.165) is 27.3 Å². The Hall–Kier alpha value is -2.30. The first-order valence-electron chi connectivity index (χ1n) is 10.1. The van der Waals surface area contributed by atoms with Gasteiger partial charge in [-0.3, -0.25) is 4.79 Å². The molecule has 30 heavy (non-hydrogen) atoms. The number of carbonyl (C=O) groups excluding carboxylic acids is 1. The number of halogens is 1. The van der Waals surface area contributed by atoms with Crippen LogP contribution in [-0.4, -0.2) is 15.6 Å². The molecule has 3 aromatic carbocycles. The Kier molecular flexibility index (Phi) is 8.35. The lowest BCUT2D eigenvalue weighted by Gasteiger charge is -2.29. The highest BCUT2D eigenvalue weighted by Gasteiger charge is 2.25. The molecule has 0 radical (unpaired) electrons. The zero-order valence-corrected chi connectivity index (χ0v) is 19.6. The molecule has 4 heteroatoms. The number of rotatable bonds is 8. The van der Waals surface area contributed by atoms with Crippen molar-refractivity contribution in [3.8, 4) is 0 Å². The summed E-state index contributed by atoms with van der Waals surface area (Å²) < 4.78 is 0. The summed E-state index contributed by atoms with van der Waals surface area (Å²) in [6.07, 6.45) is 2.74. The van der Waals surface area contributed by atoms with Crippen LogP contribution in [0, 0.1) is 0 Å². The van der Waals surface area contributed by atoms with Crippen molar-refractivity contribution in [1.29, 1.82) is 0 Å². The van der Waals surface area contributed by atoms with E-state index >= 15 is 0 Å². The number of amides is 1. The second-order valence-electron chi connectivity index (χ2n) is 6.98. The standard InChI is InChI=1S/C26H26BrNOS/c1-3-24(27)26(29)28(20(2)21-13-7-4-8-14-21)19-25(22-15-9-5-10-16-22)30-23-17-11-6-12-18-23/h4-20,24H,3H2,1-2H3/b25-19+/t20-,24?/m0/s1. The van der Waals surface area contributed by atoms with Gasteiger partial charge in [-0.2, -0.15) is 0 Å². The number of nitrogens with zero attached hydrogens (tertiary/aromatic N) is 1. The predicted molar refractivity (Wildman–Crippen MR) is 131 cm³/mol. The van der Waals surface area contributed by atoms with E-state index in [1.807, 2.05) is 72.6 Å². The van der Waals surface area contributed by atoms with Crippen molar-refractivity contribution in [2.24, 2.45) is 0 Å². The first-order chi connectivity index (χ1) is 14.6. The first-order valence-corrected chi connectivity index (χ1v) is 11.8. The molecule has 0 aromatic heterocycles. The van der Waals surface area contributed by atoms with Crippen molar-refractivity contribution in [2.45, 2.75) is 36.0 Å². The van der Waals surface area contributed by atoms with Crippen molar-refractivity contribution < 1.29 is 4.79 Å². The fourth-order valence-electron chi connectivity index (χ4n) is 3.10. The molecule has 3 rings (SSSR count). The van der Waals surface area contributed by atoms with Crippen molar-refractivity contribution in [3.05, 3.63) is 108 Å². The molecule has 0 saturated heterocycles. The maximum atomic E-state index is 13.3. The van der Waals surface area contributed by atoms with Gasteiger partial charge in [-0.05, 0) is 36.6 Å². The highest BCUT2D eigenvalue weighted by molar-refractivity contribution is 9.10. The lowest BCUT2D eigenvalue weighted by molar-refractivity contribution is -0.129. The number of benzene rings is 3. The van der Waals surface area contributed by atoms with Crippen LogP contribution in [0.15, 0.2) is 102 Å². The number of thioether (sulfide) groups is 1. The Morgan fingerprint density at radius 1 is 0.933 bits per heavy atom. The van der Waals surface area contributed by atoms with Gasteiger partial charge in [-0.25, -0.2) is 0 Å². The largest absolute Gasteiger partial charge is 0.310 e. The van der Waals surface area contributed by atoms with E-state index < -0.39 is 0 Å². The average molecular weight is 480 g/mol. The van der Waals surface area contributed by atoms with E-state index in [2.05, 4.69) is 59.3 Å². The molecule has 0 spiro atoms. The van der Waals surface area contributed by atoms with Gasteiger partial charge in [-0.1, -0.05) is 113 Å². The van der Waals surface area contributed by atoms with Crippen molar-refractivity contribution in [1.82, 2.24) is 4.90 Å². The van der Waals surface area contributed by atoms with Crippen LogP contribution in [0.5, 0.6) is 0 Å². The SMILES string of the molecule is CCC(Br)C(=O)N(/C=C(/Sc1ccccc1)c1ccccc1)[C@@H](C)c1ccccc1. The Labute approximate surface area is 192 Å². The second-order valence-corrected chi connectivity index (χ2v) is 9.20. The fraction of sp³-hybridized carbons (Fsp3) is 0.192. The summed E-state index contributed by atoms with van der Waals surface area (Å²) in [4.78, 5) is 17.2. The number of hydrogen-bond acceptors (Lipinski definition) is 2. The van der Waals surface area contributed by atoms with Crippen LogP contribution in [0.25, 0.3) is 4.91 Å². The highest BCUT2D eigenvalue weighted by atomic mass is 79.9. The van der Waals surface area contributed by atoms with E-state index in [-0.39, 0.29) is 16.8 Å². The van der Waals surface area contributed by atoms with E-state index in [1.54, 1.807) is 11.8 Å². The van der Waals surface area contributed by atoms with Crippen molar-refractivity contribution in [3.63, 3.8) is 0 Å². The summed E-state index contributed by atoms with van der Waals surface area (Å²) in [7, 11) is 0. The van der Waals surface area contributed by atoms with E-state index in [4.69, 9.17) is 0 Å². The lowest BCUT2D eigenvalue weighted by Crippen LogP contribution is -2.34. The van der Waals surface area contributed by atoms with E-state index in [9.17, 15) is 4.79 Å². The summed E-state index contributed by atoms with van der Waals surface area (Å²) in [5.41, 5.74) is 2.20. The molecule has 1 unspecified atom stereocenters. The molecule has 0 fully saturated rings. The summed E-state index contributed by atoms with van der Waals surface area (Å²) >= 11 is 5.24. The molecule has 0 heterocycles. The number of alkyl halides is 1. The second kappa shape index (κ2) is 11.2. The summed E-state index contributed by atoms with van der Waals surface area (Å²) in [5, 5.41) is 0.